The number of halogens is 1. The Hall–Kier alpha value is -2.26. The largest absolute Gasteiger partial charge is 0.457 e. The van der Waals surface area contributed by atoms with Crippen LogP contribution in [-0.2, 0) is 4.79 Å². The second-order valence-corrected chi connectivity index (χ2v) is 7.30. The average Bonchev–Trinajstić information content (AvgIpc) is 2.49. The topological polar surface area (TPSA) is 38.3 Å². The number of carbonyl (C=O) groups excluding carboxylic acids is 1. The van der Waals surface area contributed by atoms with Crippen LogP contribution in [0.5, 0.6) is 11.5 Å². The van der Waals surface area contributed by atoms with Gasteiger partial charge in [0.1, 0.15) is 11.5 Å². The van der Waals surface area contributed by atoms with Gasteiger partial charge in [-0.3, -0.25) is 4.79 Å². The molecular weight excluding hydrogens is 322 g/mol. The van der Waals surface area contributed by atoms with E-state index in [-0.39, 0.29) is 11.2 Å². The van der Waals surface area contributed by atoms with Crippen molar-refractivity contribution >= 4 is 23.1 Å². The zero-order chi connectivity index (χ0) is 17.2. The number of benzene rings is 2. The monoisotopic (exact) mass is 341 g/mol. The molecule has 0 amide bonds. The lowest BCUT2D eigenvalue weighted by atomic mass is 9.79. The maximum Gasteiger partial charge on any atom is 0.157 e. The van der Waals surface area contributed by atoms with Gasteiger partial charge in [0.05, 0.1) is 0 Å². The Bertz CT molecular complexity index is 761. The van der Waals surface area contributed by atoms with Crippen LogP contribution in [0.15, 0.2) is 60.3 Å². The van der Waals surface area contributed by atoms with Crippen LogP contribution < -0.4 is 10.1 Å². The first kappa shape index (κ1) is 16.6. The Kier molecular flexibility index (Phi) is 4.63. The van der Waals surface area contributed by atoms with Crippen molar-refractivity contribution in [3.63, 3.8) is 0 Å². The maximum absolute atomic E-state index is 11.8. The molecule has 1 aliphatic rings. The molecule has 0 aromatic heterocycles. The lowest BCUT2D eigenvalue weighted by Crippen LogP contribution is -2.24. The molecule has 3 nitrogen and oxygen atoms in total. The maximum atomic E-state index is 11.8. The van der Waals surface area contributed by atoms with Gasteiger partial charge < -0.3 is 10.1 Å². The molecule has 0 radical (unpaired) electrons. The first-order valence-corrected chi connectivity index (χ1v) is 8.31. The molecule has 0 atom stereocenters. The quantitative estimate of drug-likeness (QED) is 0.761. The molecule has 0 spiro atoms. The van der Waals surface area contributed by atoms with Crippen LogP contribution in [0.4, 0.5) is 5.69 Å². The van der Waals surface area contributed by atoms with E-state index in [0.717, 1.165) is 29.3 Å². The van der Waals surface area contributed by atoms with E-state index < -0.39 is 0 Å². The van der Waals surface area contributed by atoms with Crippen LogP contribution in [0.2, 0.25) is 5.02 Å². The van der Waals surface area contributed by atoms with Gasteiger partial charge in [0.2, 0.25) is 0 Å². The van der Waals surface area contributed by atoms with Gasteiger partial charge in [-0.1, -0.05) is 25.4 Å². The molecular formula is C20H20ClNO2. The van der Waals surface area contributed by atoms with Crippen molar-refractivity contribution < 1.29 is 9.53 Å². The van der Waals surface area contributed by atoms with Gasteiger partial charge in [0.25, 0.3) is 0 Å². The Balaban J connectivity index is 1.66. The van der Waals surface area contributed by atoms with Gasteiger partial charge >= 0.3 is 0 Å². The highest BCUT2D eigenvalue weighted by Gasteiger charge is 2.27. The number of ketones is 1. The summed E-state index contributed by atoms with van der Waals surface area (Å²) in [4.78, 5) is 11.8. The molecule has 1 aliphatic carbocycles. The summed E-state index contributed by atoms with van der Waals surface area (Å²) in [5.41, 5.74) is 1.91. The van der Waals surface area contributed by atoms with Crippen molar-refractivity contribution in [2.45, 2.75) is 26.7 Å². The number of hydrogen-bond acceptors (Lipinski definition) is 3. The van der Waals surface area contributed by atoms with Crippen LogP contribution in [0.1, 0.15) is 26.7 Å². The fourth-order valence-electron chi connectivity index (χ4n) is 2.86. The van der Waals surface area contributed by atoms with E-state index in [2.05, 4.69) is 19.2 Å². The fraction of sp³-hybridized carbons (Fsp3) is 0.250. The fourth-order valence-corrected chi connectivity index (χ4v) is 2.98. The molecule has 3 rings (SSSR count). The molecule has 124 valence electrons. The van der Waals surface area contributed by atoms with Crippen molar-refractivity contribution in [3.8, 4) is 11.5 Å². The first-order valence-electron chi connectivity index (χ1n) is 7.94. The number of rotatable bonds is 4. The zero-order valence-corrected chi connectivity index (χ0v) is 14.6. The summed E-state index contributed by atoms with van der Waals surface area (Å²) in [6, 6.07) is 14.9. The van der Waals surface area contributed by atoms with Crippen molar-refractivity contribution in [2.75, 3.05) is 5.32 Å². The van der Waals surface area contributed by atoms with E-state index in [0.29, 0.717) is 11.4 Å². The summed E-state index contributed by atoms with van der Waals surface area (Å²) < 4.78 is 5.77. The Labute approximate surface area is 147 Å². The summed E-state index contributed by atoms with van der Waals surface area (Å²) in [5.74, 6) is 1.66. The number of ether oxygens (including phenoxy) is 1. The van der Waals surface area contributed by atoms with Gasteiger partial charge in [0, 0.05) is 28.9 Å². The molecule has 0 saturated heterocycles. The predicted octanol–water partition coefficient (Wildman–Crippen LogP) is 5.82. The van der Waals surface area contributed by atoms with Crippen molar-refractivity contribution in [1.82, 2.24) is 0 Å². The van der Waals surface area contributed by atoms with E-state index in [4.69, 9.17) is 16.3 Å². The summed E-state index contributed by atoms with van der Waals surface area (Å²) >= 11 is 5.87. The van der Waals surface area contributed by atoms with Crippen LogP contribution in [0, 0.1) is 5.41 Å². The number of hydrogen-bond donors (Lipinski definition) is 1. The second-order valence-electron chi connectivity index (χ2n) is 6.86. The highest BCUT2D eigenvalue weighted by molar-refractivity contribution is 6.30. The minimum atomic E-state index is 0.00576. The van der Waals surface area contributed by atoms with Gasteiger partial charge in [0.15, 0.2) is 5.78 Å². The first-order chi connectivity index (χ1) is 11.4. The van der Waals surface area contributed by atoms with Crippen molar-refractivity contribution in [1.29, 1.82) is 0 Å². The summed E-state index contributed by atoms with van der Waals surface area (Å²) in [6.07, 6.45) is 3.18. The number of allylic oxidation sites excluding steroid dienone is 2. The molecule has 24 heavy (non-hydrogen) atoms. The standard InChI is InChI=1S/C20H20ClNO2/c1-20(2)12-16(11-17(23)13-20)22-15-5-9-19(10-6-15)24-18-7-3-14(21)4-8-18/h3-11,22H,12-13H2,1-2H3. The molecule has 0 heterocycles. The normalized spacial score (nSPS) is 16.5. The van der Waals surface area contributed by atoms with Crippen LogP contribution in [-0.4, -0.2) is 5.78 Å². The highest BCUT2D eigenvalue weighted by atomic mass is 35.5. The molecule has 0 fully saturated rings. The summed E-state index contributed by atoms with van der Waals surface area (Å²) in [6.45, 7) is 4.23. The van der Waals surface area contributed by atoms with Gasteiger partial charge in [-0.05, 0) is 60.4 Å². The lowest BCUT2D eigenvalue weighted by Gasteiger charge is -2.29. The van der Waals surface area contributed by atoms with Crippen LogP contribution >= 0.6 is 11.6 Å². The minimum absolute atomic E-state index is 0.00576. The molecule has 0 saturated carbocycles. The predicted molar refractivity (Wildman–Crippen MR) is 97.7 cm³/mol. The zero-order valence-electron chi connectivity index (χ0n) is 13.8. The van der Waals surface area contributed by atoms with E-state index in [1.54, 1.807) is 18.2 Å². The molecule has 0 unspecified atom stereocenters. The third-order valence-corrected chi connectivity index (χ3v) is 4.12. The molecule has 1 N–H and O–H groups in total. The second kappa shape index (κ2) is 6.70. The number of carbonyl (C=O) groups is 1. The smallest absolute Gasteiger partial charge is 0.157 e. The van der Waals surface area contributed by atoms with Crippen LogP contribution in [0.3, 0.4) is 0 Å². The van der Waals surface area contributed by atoms with E-state index in [9.17, 15) is 4.79 Å². The third-order valence-electron chi connectivity index (χ3n) is 3.87. The Morgan fingerprint density at radius 1 is 0.958 bits per heavy atom. The Morgan fingerprint density at radius 3 is 2.12 bits per heavy atom. The SMILES string of the molecule is CC1(C)CC(=O)C=C(Nc2ccc(Oc3ccc(Cl)cc3)cc2)C1. The summed E-state index contributed by atoms with van der Waals surface area (Å²) in [5, 5.41) is 4.01. The molecule has 2 aromatic rings. The van der Waals surface area contributed by atoms with Crippen molar-refractivity contribution in [3.05, 3.63) is 65.3 Å². The van der Waals surface area contributed by atoms with E-state index in [1.807, 2.05) is 36.4 Å². The molecule has 0 aliphatic heterocycles. The van der Waals surface area contributed by atoms with E-state index >= 15 is 0 Å². The van der Waals surface area contributed by atoms with E-state index in [1.165, 1.54) is 0 Å². The molecule has 0 bridgehead atoms. The minimum Gasteiger partial charge on any atom is -0.457 e. The highest BCUT2D eigenvalue weighted by Crippen LogP contribution is 2.34. The summed E-state index contributed by atoms with van der Waals surface area (Å²) in [7, 11) is 0. The number of nitrogens with one attached hydrogen (secondary N) is 1. The average molecular weight is 342 g/mol. The van der Waals surface area contributed by atoms with Gasteiger partial charge in [-0.25, -0.2) is 0 Å². The van der Waals surface area contributed by atoms with Crippen molar-refractivity contribution in [2.24, 2.45) is 5.41 Å². The van der Waals surface area contributed by atoms with Gasteiger partial charge in [-0.2, -0.15) is 0 Å². The van der Waals surface area contributed by atoms with Gasteiger partial charge in [-0.15, -0.1) is 0 Å². The molecule has 2 aromatic carbocycles. The Morgan fingerprint density at radius 2 is 1.54 bits per heavy atom. The third kappa shape index (κ3) is 4.39. The lowest BCUT2D eigenvalue weighted by molar-refractivity contribution is -0.117. The van der Waals surface area contributed by atoms with Crippen LogP contribution in [0.25, 0.3) is 0 Å². The molecule has 4 heteroatoms. The number of anilines is 1.